The normalized spacial score (nSPS) is 15.1. The number of hydrogen-bond donors (Lipinski definition) is 3. The predicted octanol–water partition coefficient (Wildman–Crippen LogP) is 3.19. The minimum Gasteiger partial charge on any atom is -0.497 e. The van der Waals surface area contributed by atoms with Gasteiger partial charge in [-0.1, -0.05) is 36.4 Å². The van der Waals surface area contributed by atoms with Crippen molar-refractivity contribution in [2.45, 2.75) is 25.4 Å². The number of carbonyl (C=O) groups excluding carboxylic acids is 2. The van der Waals surface area contributed by atoms with Crippen molar-refractivity contribution in [1.82, 2.24) is 10.4 Å². The second kappa shape index (κ2) is 11.5. The summed E-state index contributed by atoms with van der Waals surface area (Å²) >= 11 is 0. The molecule has 0 spiro atoms. The maximum absolute atomic E-state index is 13.4. The smallest absolute Gasteiger partial charge is 0.281 e. The zero-order valence-electron chi connectivity index (χ0n) is 19.6. The summed E-state index contributed by atoms with van der Waals surface area (Å²) < 4.78 is 10.7. The van der Waals surface area contributed by atoms with Gasteiger partial charge in [0.25, 0.3) is 5.91 Å². The molecule has 0 bridgehead atoms. The van der Waals surface area contributed by atoms with Crippen LogP contribution in [0, 0.1) is 0 Å². The standard InChI is InChI=1S/C27H29N3O5/c1-34-23-11-8-22(9-12-23)28-27(32)25-16-20-7-10-24(35-18-26(31)29-33)15-21(20)17-30(25)14-13-19-5-3-2-4-6-19/h2-12,15,25,33H,13-14,16-18H2,1H3,(H,28,32)(H,29,31)/t25-/m0/s1. The van der Waals surface area contributed by atoms with E-state index in [1.807, 2.05) is 54.6 Å². The minimum atomic E-state index is -0.623. The molecule has 2 amide bonds. The Kier molecular flexibility index (Phi) is 7.97. The molecule has 1 atom stereocenters. The van der Waals surface area contributed by atoms with Crippen LogP contribution < -0.4 is 20.3 Å². The predicted molar refractivity (Wildman–Crippen MR) is 132 cm³/mol. The fourth-order valence-corrected chi connectivity index (χ4v) is 4.20. The van der Waals surface area contributed by atoms with E-state index in [0.717, 1.165) is 29.0 Å². The van der Waals surface area contributed by atoms with E-state index in [4.69, 9.17) is 14.7 Å². The Bertz CT molecular complexity index is 1150. The average molecular weight is 476 g/mol. The van der Waals surface area contributed by atoms with Gasteiger partial charge in [0, 0.05) is 18.8 Å². The lowest BCUT2D eigenvalue weighted by Crippen LogP contribution is -2.48. The topological polar surface area (TPSA) is 100 Å². The number of rotatable bonds is 9. The van der Waals surface area contributed by atoms with E-state index in [1.165, 1.54) is 5.56 Å². The van der Waals surface area contributed by atoms with Crippen LogP contribution in [0.4, 0.5) is 5.69 Å². The summed E-state index contributed by atoms with van der Waals surface area (Å²) in [6.07, 6.45) is 1.37. The zero-order valence-corrected chi connectivity index (χ0v) is 19.6. The molecule has 0 radical (unpaired) electrons. The van der Waals surface area contributed by atoms with Gasteiger partial charge in [-0.2, -0.15) is 0 Å². The summed E-state index contributed by atoms with van der Waals surface area (Å²) in [5.41, 5.74) is 5.60. The van der Waals surface area contributed by atoms with Gasteiger partial charge in [0.2, 0.25) is 5.91 Å². The highest BCUT2D eigenvalue weighted by Gasteiger charge is 2.31. The van der Waals surface area contributed by atoms with Crippen molar-refractivity contribution in [2.75, 3.05) is 25.6 Å². The molecule has 0 saturated carbocycles. The molecule has 4 rings (SSSR count). The van der Waals surface area contributed by atoms with Crippen molar-refractivity contribution in [1.29, 1.82) is 0 Å². The van der Waals surface area contributed by atoms with Gasteiger partial charge in [-0.05, 0) is 65.9 Å². The molecule has 1 aliphatic heterocycles. The molecule has 0 fully saturated rings. The average Bonchev–Trinajstić information content (AvgIpc) is 2.90. The number of fused-ring (bicyclic) bond motifs is 1. The van der Waals surface area contributed by atoms with Gasteiger partial charge in [0.05, 0.1) is 13.2 Å². The molecule has 1 aliphatic rings. The first-order valence-corrected chi connectivity index (χ1v) is 11.5. The number of ether oxygens (including phenoxy) is 2. The molecule has 8 heteroatoms. The van der Waals surface area contributed by atoms with E-state index < -0.39 is 5.91 Å². The maximum Gasteiger partial charge on any atom is 0.281 e. The summed E-state index contributed by atoms with van der Waals surface area (Å²) in [5, 5.41) is 11.7. The third-order valence-electron chi connectivity index (χ3n) is 6.09. The molecule has 3 aromatic rings. The first-order chi connectivity index (χ1) is 17.1. The fourth-order valence-electron chi connectivity index (χ4n) is 4.20. The highest BCUT2D eigenvalue weighted by atomic mass is 16.5. The number of hydrogen-bond acceptors (Lipinski definition) is 6. The quantitative estimate of drug-likeness (QED) is 0.325. The molecule has 35 heavy (non-hydrogen) atoms. The van der Waals surface area contributed by atoms with Crippen LogP contribution in [-0.4, -0.2) is 48.2 Å². The molecule has 8 nitrogen and oxygen atoms in total. The highest BCUT2D eigenvalue weighted by molar-refractivity contribution is 5.95. The molecular formula is C27H29N3O5. The van der Waals surface area contributed by atoms with Gasteiger partial charge < -0.3 is 14.8 Å². The van der Waals surface area contributed by atoms with Crippen LogP contribution in [0.3, 0.4) is 0 Å². The van der Waals surface area contributed by atoms with Crippen molar-refractivity contribution in [3.8, 4) is 11.5 Å². The van der Waals surface area contributed by atoms with E-state index in [-0.39, 0.29) is 18.6 Å². The first kappa shape index (κ1) is 24.3. The summed E-state index contributed by atoms with van der Waals surface area (Å²) in [5.74, 6) is 0.585. The molecule has 0 unspecified atom stereocenters. The molecule has 1 heterocycles. The number of methoxy groups -OCH3 is 1. The van der Waals surface area contributed by atoms with Crippen LogP contribution in [0.25, 0.3) is 0 Å². The van der Waals surface area contributed by atoms with E-state index in [1.54, 1.807) is 18.7 Å². The lowest BCUT2D eigenvalue weighted by molar-refractivity contribution is -0.131. The van der Waals surface area contributed by atoms with Crippen LogP contribution >= 0.6 is 0 Å². The molecule has 0 aliphatic carbocycles. The van der Waals surface area contributed by atoms with Crippen LogP contribution in [0.1, 0.15) is 16.7 Å². The number of nitrogens with zero attached hydrogens (tertiary/aromatic N) is 1. The monoisotopic (exact) mass is 475 g/mol. The number of benzene rings is 3. The Morgan fingerprint density at radius 2 is 1.74 bits per heavy atom. The number of hydroxylamine groups is 1. The zero-order chi connectivity index (χ0) is 24.6. The Balaban J connectivity index is 1.52. The Morgan fingerprint density at radius 3 is 2.46 bits per heavy atom. The first-order valence-electron chi connectivity index (χ1n) is 11.5. The summed E-state index contributed by atoms with van der Waals surface area (Å²) in [4.78, 5) is 26.8. The fraction of sp³-hybridized carbons (Fsp3) is 0.259. The summed E-state index contributed by atoms with van der Waals surface area (Å²) in [6, 6.07) is 22.8. The molecule has 3 aromatic carbocycles. The molecule has 182 valence electrons. The van der Waals surface area contributed by atoms with Crippen molar-refractivity contribution in [3.05, 3.63) is 89.5 Å². The van der Waals surface area contributed by atoms with Gasteiger partial charge >= 0.3 is 0 Å². The Morgan fingerprint density at radius 1 is 1.00 bits per heavy atom. The lowest BCUT2D eigenvalue weighted by atomic mass is 9.92. The molecule has 0 saturated heterocycles. The number of amides is 2. The van der Waals surface area contributed by atoms with Crippen molar-refractivity contribution < 1.29 is 24.3 Å². The van der Waals surface area contributed by atoms with Gasteiger partial charge in [-0.3, -0.25) is 19.7 Å². The van der Waals surface area contributed by atoms with E-state index >= 15 is 0 Å². The highest BCUT2D eigenvalue weighted by Crippen LogP contribution is 2.28. The van der Waals surface area contributed by atoms with E-state index in [9.17, 15) is 9.59 Å². The SMILES string of the molecule is COc1ccc(NC(=O)[C@@H]2Cc3ccc(OCC(=O)NO)cc3CN2CCc2ccccc2)cc1. The van der Waals surface area contributed by atoms with Crippen LogP contribution in [-0.2, 0) is 29.0 Å². The lowest BCUT2D eigenvalue weighted by Gasteiger charge is -2.36. The summed E-state index contributed by atoms with van der Waals surface area (Å²) in [7, 11) is 1.61. The third kappa shape index (κ3) is 6.38. The molecule has 3 N–H and O–H groups in total. The second-order valence-corrected chi connectivity index (χ2v) is 8.40. The van der Waals surface area contributed by atoms with Crippen LogP contribution in [0.15, 0.2) is 72.8 Å². The van der Waals surface area contributed by atoms with E-state index in [0.29, 0.717) is 25.3 Å². The second-order valence-electron chi connectivity index (χ2n) is 8.40. The Labute approximate surface area is 204 Å². The molecule has 0 aromatic heterocycles. The van der Waals surface area contributed by atoms with Gasteiger partial charge in [0.1, 0.15) is 11.5 Å². The number of anilines is 1. The van der Waals surface area contributed by atoms with Gasteiger partial charge in [0.15, 0.2) is 6.61 Å². The summed E-state index contributed by atoms with van der Waals surface area (Å²) in [6.45, 7) is 1.01. The van der Waals surface area contributed by atoms with Gasteiger partial charge in [-0.25, -0.2) is 5.48 Å². The van der Waals surface area contributed by atoms with E-state index in [2.05, 4.69) is 22.3 Å². The number of nitrogens with one attached hydrogen (secondary N) is 2. The minimum absolute atomic E-state index is 0.0613. The van der Waals surface area contributed by atoms with Gasteiger partial charge in [-0.15, -0.1) is 0 Å². The van der Waals surface area contributed by atoms with Crippen molar-refractivity contribution >= 4 is 17.5 Å². The Hall–Kier alpha value is -3.88. The van der Waals surface area contributed by atoms with Crippen LogP contribution in [0.5, 0.6) is 11.5 Å². The molecular weight excluding hydrogens is 446 g/mol. The largest absolute Gasteiger partial charge is 0.497 e. The van der Waals surface area contributed by atoms with Crippen molar-refractivity contribution in [3.63, 3.8) is 0 Å². The van der Waals surface area contributed by atoms with Crippen LogP contribution in [0.2, 0.25) is 0 Å². The third-order valence-corrected chi connectivity index (χ3v) is 6.09. The maximum atomic E-state index is 13.4. The van der Waals surface area contributed by atoms with Crippen molar-refractivity contribution in [2.24, 2.45) is 0 Å². The number of carbonyl (C=O) groups is 2.